The van der Waals surface area contributed by atoms with E-state index in [1.807, 2.05) is 0 Å². The Morgan fingerprint density at radius 1 is 0.356 bits per heavy atom. The van der Waals surface area contributed by atoms with Crippen molar-refractivity contribution >= 4 is 32.3 Å². The van der Waals surface area contributed by atoms with E-state index in [1.165, 1.54) is 99.1 Å². The molecule has 0 aliphatic heterocycles. The van der Waals surface area contributed by atoms with Gasteiger partial charge in [-0.1, -0.05) is 153 Å². The van der Waals surface area contributed by atoms with Crippen LogP contribution in [0.3, 0.4) is 0 Å². The molecule has 0 saturated heterocycles. The molecule has 8 aromatic rings. The molecule has 0 atom stereocenters. The molecule has 0 heterocycles. The van der Waals surface area contributed by atoms with Crippen LogP contribution in [0.1, 0.15) is 25.0 Å². The lowest BCUT2D eigenvalue weighted by atomic mass is 9.79. The first-order valence-corrected chi connectivity index (χ1v) is 16.0. The van der Waals surface area contributed by atoms with Crippen molar-refractivity contribution in [2.75, 3.05) is 0 Å². The summed E-state index contributed by atoms with van der Waals surface area (Å²) in [6.07, 6.45) is 0. The Morgan fingerprint density at radius 2 is 0.889 bits per heavy atom. The highest BCUT2D eigenvalue weighted by Crippen LogP contribution is 2.62. The van der Waals surface area contributed by atoms with E-state index >= 15 is 0 Å². The standard InChI is InChI=1S/C45H30/c1-45(2)36-25-24-27-14-9-10-19-30(27)41(36)42-33-22-13-23-34-40(33)35(26-37(42)45)44-39(29-17-7-4-8-18-29)32-21-12-11-20-31(32)38(43(34)44)28-15-5-3-6-16-28/h3-26H,1-2H3. The molecule has 0 spiro atoms. The van der Waals surface area contributed by atoms with Crippen LogP contribution in [0.15, 0.2) is 146 Å². The molecule has 10 rings (SSSR count). The van der Waals surface area contributed by atoms with E-state index in [4.69, 9.17) is 0 Å². The molecular formula is C45H30. The van der Waals surface area contributed by atoms with Crippen LogP contribution in [-0.2, 0) is 5.41 Å². The summed E-state index contributed by atoms with van der Waals surface area (Å²) < 4.78 is 0. The second kappa shape index (κ2) is 8.80. The van der Waals surface area contributed by atoms with Gasteiger partial charge in [-0.2, -0.15) is 0 Å². The first-order chi connectivity index (χ1) is 22.1. The van der Waals surface area contributed by atoms with E-state index in [2.05, 4.69) is 159 Å². The summed E-state index contributed by atoms with van der Waals surface area (Å²) in [5.74, 6) is 0. The summed E-state index contributed by atoms with van der Waals surface area (Å²) in [5.41, 5.74) is 16.2. The van der Waals surface area contributed by atoms with E-state index in [0.717, 1.165) is 0 Å². The monoisotopic (exact) mass is 570 g/mol. The molecule has 45 heavy (non-hydrogen) atoms. The summed E-state index contributed by atoms with van der Waals surface area (Å²) in [6, 6.07) is 54.3. The van der Waals surface area contributed by atoms with Gasteiger partial charge in [0.05, 0.1) is 0 Å². The van der Waals surface area contributed by atoms with Crippen molar-refractivity contribution in [2.45, 2.75) is 19.3 Å². The van der Waals surface area contributed by atoms with Crippen LogP contribution in [0.5, 0.6) is 0 Å². The van der Waals surface area contributed by atoms with E-state index in [-0.39, 0.29) is 5.41 Å². The zero-order valence-electron chi connectivity index (χ0n) is 25.4. The van der Waals surface area contributed by atoms with Crippen molar-refractivity contribution in [2.24, 2.45) is 0 Å². The van der Waals surface area contributed by atoms with Crippen molar-refractivity contribution in [3.05, 3.63) is 157 Å². The van der Waals surface area contributed by atoms with Gasteiger partial charge in [0.2, 0.25) is 0 Å². The fourth-order valence-corrected chi connectivity index (χ4v) is 8.65. The zero-order valence-corrected chi connectivity index (χ0v) is 25.4. The van der Waals surface area contributed by atoms with Crippen molar-refractivity contribution in [3.63, 3.8) is 0 Å². The fourth-order valence-electron chi connectivity index (χ4n) is 8.65. The van der Waals surface area contributed by atoms with Gasteiger partial charge in [-0.15, -0.1) is 0 Å². The van der Waals surface area contributed by atoms with Gasteiger partial charge in [0.1, 0.15) is 0 Å². The number of hydrogen-bond acceptors (Lipinski definition) is 0. The Labute approximate surface area is 263 Å². The Kier molecular flexibility index (Phi) is 4.88. The molecule has 0 unspecified atom stereocenters. The quantitative estimate of drug-likeness (QED) is 0.194. The second-order valence-corrected chi connectivity index (χ2v) is 13.2. The Hall–Kier alpha value is -5.46. The zero-order chi connectivity index (χ0) is 29.9. The lowest BCUT2D eigenvalue weighted by molar-refractivity contribution is 0.661. The first-order valence-electron chi connectivity index (χ1n) is 16.0. The fraction of sp³-hybridized carbons (Fsp3) is 0.0667. The third-order valence-electron chi connectivity index (χ3n) is 10.6. The Balaban J connectivity index is 1.44. The highest BCUT2D eigenvalue weighted by molar-refractivity contribution is 6.30. The summed E-state index contributed by atoms with van der Waals surface area (Å²) in [5, 5.41) is 8.00. The normalized spacial score (nSPS) is 13.7. The Morgan fingerprint density at radius 3 is 1.56 bits per heavy atom. The molecule has 0 saturated carbocycles. The van der Waals surface area contributed by atoms with Crippen LogP contribution in [0.25, 0.3) is 88.0 Å². The van der Waals surface area contributed by atoms with Gasteiger partial charge in [0.25, 0.3) is 0 Å². The van der Waals surface area contributed by atoms with Gasteiger partial charge in [0.15, 0.2) is 0 Å². The molecule has 8 aromatic carbocycles. The molecule has 0 N–H and O–H groups in total. The maximum atomic E-state index is 2.57. The molecule has 0 nitrogen and oxygen atoms in total. The summed E-state index contributed by atoms with van der Waals surface area (Å²) >= 11 is 0. The van der Waals surface area contributed by atoms with E-state index in [0.29, 0.717) is 0 Å². The smallest absolute Gasteiger partial charge is 0.0159 e. The van der Waals surface area contributed by atoms with E-state index in [1.54, 1.807) is 0 Å². The minimum absolute atomic E-state index is 0.121. The third-order valence-corrected chi connectivity index (χ3v) is 10.6. The van der Waals surface area contributed by atoms with Gasteiger partial charge in [0, 0.05) is 5.41 Å². The van der Waals surface area contributed by atoms with Gasteiger partial charge in [-0.05, 0) is 105 Å². The molecule has 2 aliphatic carbocycles. The van der Waals surface area contributed by atoms with Gasteiger partial charge < -0.3 is 0 Å². The van der Waals surface area contributed by atoms with E-state index in [9.17, 15) is 0 Å². The SMILES string of the molecule is CC1(C)c2ccc3ccccc3c2-c2c1cc1c3c(cccc23)-c2c-1c(-c1ccccc1)c1ccccc1c2-c1ccccc1. The molecule has 2 aliphatic rings. The van der Waals surface area contributed by atoms with Crippen molar-refractivity contribution in [1.82, 2.24) is 0 Å². The van der Waals surface area contributed by atoms with Crippen LogP contribution in [0, 0.1) is 0 Å². The average molecular weight is 571 g/mol. The lowest BCUT2D eigenvalue weighted by Gasteiger charge is -2.23. The van der Waals surface area contributed by atoms with E-state index < -0.39 is 0 Å². The minimum Gasteiger partial charge on any atom is -0.0622 e. The van der Waals surface area contributed by atoms with Crippen LogP contribution in [0.2, 0.25) is 0 Å². The van der Waals surface area contributed by atoms with Crippen LogP contribution in [0.4, 0.5) is 0 Å². The highest BCUT2D eigenvalue weighted by atomic mass is 14.4. The highest BCUT2D eigenvalue weighted by Gasteiger charge is 2.40. The third kappa shape index (κ3) is 3.16. The number of fused-ring (bicyclic) bond motifs is 10. The molecule has 0 aromatic heterocycles. The van der Waals surface area contributed by atoms with Gasteiger partial charge in [-0.25, -0.2) is 0 Å². The van der Waals surface area contributed by atoms with Gasteiger partial charge >= 0.3 is 0 Å². The number of rotatable bonds is 2. The largest absolute Gasteiger partial charge is 0.0622 e. The van der Waals surface area contributed by atoms with Crippen LogP contribution < -0.4 is 0 Å². The Bertz CT molecular complexity index is 2530. The molecule has 210 valence electrons. The molecule has 0 heteroatoms. The minimum atomic E-state index is -0.121. The second-order valence-electron chi connectivity index (χ2n) is 13.2. The van der Waals surface area contributed by atoms with Crippen LogP contribution in [-0.4, -0.2) is 0 Å². The first kappa shape index (κ1) is 24.9. The number of benzene rings is 8. The van der Waals surface area contributed by atoms with Crippen molar-refractivity contribution < 1.29 is 0 Å². The lowest BCUT2D eigenvalue weighted by Crippen LogP contribution is -2.15. The number of hydrogen-bond donors (Lipinski definition) is 0. The average Bonchev–Trinajstić information content (AvgIpc) is 3.54. The predicted octanol–water partition coefficient (Wildman–Crippen LogP) is 12.4. The van der Waals surface area contributed by atoms with Crippen molar-refractivity contribution in [3.8, 4) is 55.6 Å². The predicted molar refractivity (Wildman–Crippen MR) is 192 cm³/mol. The molecule has 0 fully saturated rings. The topological polar surface area (TPSA) is 0 Å². The summed E-state index contributed by atoms with van der Waals surface area (Å²) in [7, 11) is 0. The molecular weight excluding hydrogens is 540 g/mol. The molecule has 0 amide bonds. The van der Waals surface area contributed by atoms with Crippen molar-refractivity contribution in [1.29, 1.82) is 0 Å². The maximum absolute atomic E-state index is 2.57. The maximum Gasteiger partial charge on any atom is 0.0159 e. The summed E-state index contributed by atoms with van der Waals surface area (Å²) in [6.45, 7) is 4.83. The van der Waals surface area contributed by atoms with Gasteiger partial charge in [-0.3, -0.25) is 0 Å². The summed E-state index contributed by atoms with van der Waals surface area (Å²) in [4.78, 5) is 0. The van der Waals surface area contributed by atoms with Crippen LogP contribution >= 0.6 is 0 Å². The molecule has 0 bridgehead atoms. The molecule has 0 radical (unpaired) electrons.